The Morgan fingerprint density at radius 2 is 1.38 bits per heavy atom. The van der Waals surface area contributed by atoms with Crippen LogP contribution in [0.1, 0.15) is 51.3 Å². The zero-order valence-corrected chi connectivity index (χ0v) is 23.5. The summed E-state index contributed by atoms with van der Waals surface area (Å²) in [5.41, 5.74) is -10.3. The molecule has 246 valence electrons. The zero-order valence-electron chi connectivity index (χ0n) is 23.5. The molecule has 1 N–H and O–H groups in total. The highest BCUT2D eigenvalue weighted by molar-refractivity contribution is 6.27. The average molecular weight is 682 g/mol. The maximum Gasteiger partial charge on any atom is 0.418 e. The number of alkyl halides is 11. The van der Waals surface area contributed by atoms with Crippen LogP contribution in [-0.4, -0.2) is 15.3 Å². The number of carbonyl (C=O) groups is 1. The Bertz CT molecular complexity index is 2490. The van der Waals surface area contributed by atoms with E-state index in [1.165, 1.54) is 24.3 Å². The first-order valence-corrected chi connectivity index (χ1v) is 13.8. The molecule has 0 saturated heterocycles. The maximum atomic E-state index is 14.3. The van der Waals surface area contributed by atoms with Gasteiger partial charge in [0.05, 0.1) is 33.6 Å². The van der Waals surface area contributed by atoms with Gasteiger partial charge in [0.15, 0.2) is 0 Å². The summed E-state index contributed by atoms with van der Waals surface area (Å²) in [6.07, 6.45) is -17.0. The van der Waals surface area contributed by atoms with Gasteiger partial charge >= 0.3 is 18.5 Å². The van der Waals surface area contributed by atoms with Crippen molar-refractivity contribution in [2.24, 2.45) is 0 Å². The van der Waals surface area contributed by atoms with Gasteiger partial charge in [0.25, 0.3) is 17.4 Å². The summed E-state index contributed by atoms with van der Waals surface area (Å²) < 4.78 is 155. The smallest absolute Gasteiger partial charge is 0.359 e. The number of imidazole rings is 1. The van der Waals surface area contributed by atoms with E-state index < -0.39 is 92.4 Å². The normalized spacial score (nSPS) is 16.8. The van der Waals surface area contributed by atoms with Crippen molar-refractivity contribution in [2.75, 3.05) is 10.2 Å². The number of hydrogen-bond donors (Lipinski definition) is 1. The van der Waals surface area contributed by atoms with Crippen molar-refractivity contribution in [1.29, 1.82) is 0 Å². The van der Waals surface area contributed by atoms with Gasteiger partial charge in [0.2, 0.25) is 0 Å². The van der Waals surface area contributed by atoms with Crippen LogP contribution in [0.5, 0.6) is 0 Å². The number of aromatic nitrogens is 2. The molecule has 2 aromatic heterocycles. The minimum atomic E-state index is -5.30. The molecule has 1 amide bonds. The number of hydrogen-bond acceptors (Lipinski definition) is 4. The highest BCUT2D eigenvalue weighted by Crippen LogP contribution is 2.54. The van der Waals surface area contributed by atoms with Gasteiger partial charge in [-0.05, 0) is 42.5 Å². The van der Waals surface area contributed by atoms with Gasteiger partial charge in [0, 0.05) is 45.2 Å². The van der Waals surface area contributed by atoms with E-state index in [-0.39, 0.29) is 44.8 Å². The fourth-order valence-corrected chi connectivity index (χ4v) is 6.72. The second-order valence-corrected chi connectivity index (χ2v) is 11.6. The van der Waals surface area contributed by atoms with E-state index >= 15 is 0 Å². The predicted octanol–water partition coefficient (Wildman–Crippen LogP) is 8.84. The molecule has 8 rings (SSSR count). The lowest BCUT2D eigenvalue weighted by Gasteiger charge is -2.32. The summed E-state index contributed by atoms with van der Waals surface area (Å²) in [7, 11) is 0. The number of carbonyl (C=O) groups excluding carboxylic acids is 1. The predicted molar refractivity (Wildman–Crippen MR) is 149 cm³/mol. The molecule has 0 saturated carbocycles. The van der Waals surface area contributed by atoms with Gasteiger partial charge in [-0.15, -0.1) is 0 Å². The fourth-order valence-electron chi connectivity index (χ4n) is 6.72. The Morgan fingerprint density at radius 1 is 0.729 bits per heavy atom. The Hall–Kier alpha value is -5.22. The molecule has 4 heterocycles. The van der Waals surface area contributed by atoms with E-state index in [2.05, 4.69) is 10.3 Å². The number of benzene rings is 4. The minimum Gasteiger partial charge on any atom is -0.359 e. The number of halogens is 11. The van der Waals surface area contributed by atoms with Crippen molar-refractivity contribution in [1.82, 2.24) is 9.38 Å². The van der Waals surface area contributed by atoms with E-state index in [1.807, 2.05) is 0 Å². The maximum absolute atomic E-state index is 14.3. The number of fused-ring (bicyclic) bond motifs is 8. The first-order chi connectivity index (χ1) is 22.2. The molecule has 48 heavy (non-hydrogen) atoms. The standard InChI is InChI=1S/C31H13F11N4O2/c1-28(32,33)10-6-16(30(37,38)39)22-18(8-10)45-24(43-22)12-2-5-15-21-13(3-4-14(20(12)21)26(45)47)25-44-23-17(31(40,41)42)7-11(29(34,35)36)9-19(23)46(25)27(15)48/h2-9,24,43H,1H3. The summed E-state index contributed by atoms with van der Waals surface area (Å²) in [4.78, 5) is 32.6. The molecule has 1 atom stereocenters. The molecule has 6 nitrogen and oxygen atoms in total. The number of nitrogens with zero attached hydrogens (tertiary/aromatic N) is 3. The van der Waals surface area contributed by atoms with Crippen LogP contribution in [0.25, 0.3) is 38.2 Å². The van der Waals surface area contributed by atoms with Crippen molar-refractivity contribution in [3.8, 4) is 0 Å². The summed E-state index contributed by atoms with van der Waals surface area (Å²) >= 11 is 0. The molecule has 1 unspecified atom stereocenters. The Labute approximate surface area is 258 Å². The number of pyridine rings is 1. The van der Waals surface area contributed by atoms with Crippen LogP contribution in [0.2, 0.25) is 0 Å². The topological polar surface area (TPSA) is 66.7 Å². The molecular formula is C31H13F11N4O2. The molecule has 17 heteroatoms. The van der Waals surface area contributed by atoms with E-state index in [4.69, 9.17) is 0 Å². The van der Waals surface area contributed by atoms with Crippen LogP contribution in [0.15, 0.2) is 53.3 Å². The monoisotopic (exact) mass is 682 g/mol. The third kappa shape index (κ3) is 3.89. The molecule has 0 bridgehead atoms. The molecule has 0 aliphatic carbocycles. The first-order valence-electron chi connectivity index (χ1n) is 13.8. The van der Waals surface area contributed by atoms with Crippen molar-refractivity contribution in [3.05, 3.63) is 92.3 Å². The highest BCUT2D eigenvalue weighted by Gasteiger charge is 2.47. The van der Waals surface area contributed by atoms with Crippen molar-refractivity contribution >= 4 is 55.5 Å². The summed E-state index contributed by atoms with van der Waals surface area (Å²) in [5, 5.41) is 2.32. The molecule has 0 radical (unpaired) electrons. The third-order valence-electron chi connectivity index (χ3n) is 8.73. The van der Waals surface area contributed by atoms with E-state index in [9.17, 15) is 57.9 Å². The minimum absolute atomic E-state index is 0.0184. The molecule has 0 spiro atoms. The van der Waals surface area contributed by atoms with E-state index in [0.29, 0.717) is 17.4 Å². The van der Waals surface area contributed by atoms with Crippen molar-refractivity contribution in [3.63, 3.8) is 0 Å². The molecule has 2 aliphatic rings. The SMILES string of the molecule is CC(F)(F)c1cc2c(c(C(F)(F)F)c1)NC1c3ccc4c(=O)n5c6cc(C(F)(F)F)cc(C(F)(F)F)c6nc5c5ccc(c3c45)C(=O)N21. The number of nitrogens with one attached hydrogen (secondary N) is 1. The Kier molecular flexibility index (Phi) is 5.53. The first kappa shape index (κ1) is 30.1. The van der Waals surface area contributed by atoms with E-state index in [1.54, 1.807) is 0 Å². The number of rotatable bonds is 1. The van der Waals surface area contributed by atoms with Crippen molar-refractivity contribution in [2.45, 2.75) is 37.5 Å². The van der Waals surface area contributed by atoms with Gasteiger partial charge in [0.1, 0.15) is 17.3 Å². The van der Waals surface area contributed by atoms with Crippen LogP contribution >= 0.6 is 0 Å². The van der Waals surface area contributed by atoms with Crippen LogP contribution in [-0.2, 0) is 24.5 Å². The van der Waals surface area contributed by atoms with Crippen LogP contribution in [0.3, 0.4) is 0 Å². The Balaban J connectivity index is 1.44. The molecular weight excluding hydrogens is 669 g/mol. The van der Waals surface area contributed by atoms with Crippen molar-refractivity contribution < 1.29 is 53.1 Å². The Morgan fingerprint density at radius 3 is 2.00 bits per heavy atom. The van der Waals surface area contributed by atoms with Crippen LogP contribution < -0.4 is 15.8 Å². The largest absolute Gasteiger partial charge is 0.418 e. The van der Waals surface area contributed by atoms with Gasteiger partial charge < -0.3 is 5.32 Å². The van der Waals surface area contributed by atoms with Gasteiger partial charge in [-0.25, -0.2) is 13.8 Å². The molecule has 6 aromatic rings. The lowest BCUT2D eigenvalue weighted by atomic mass is 9.89. The van der Waals surface area contributed by atoms with Gasteiger partial charge in [-0.3, -0.25) is 18.9 Å². The van der Waals surface area contributed by atoms with Gasteiger partial charge in [-0.1, -0.05) is 6.07 Å². The average Bonchev–Trinajstić information content (AvgIpc) is 3.55. The third-order valence-corrected chi connectivity index (χ3v) is 8.73. The number of amides is 1. The lowest BCUT2D eigenvalue weighted by molar-refractivity contribution is -0.142. The highest BCUT2D eigenvalue weighted by atomic mass is 19.4. The lowest BCUT2D eigenvalue weighted by Crippen LogP contribution is -2.38. The van der Waals surface area contributed by atoms with Gasteiger partial charge in [-0.2, -0.15) is 39.5 Å². The number of anilines is 2. The molecule has 2 aliphatic heterocycles. The summed E-state index contributed by atoms with van der Waals surface area (Å²) in [5.74, 6) is -4.66. The quantitative estimate of drug-likeness (QED) is 0.176. The zero-order chi connectivity index (χ0) is 34.6. The van der Waals surface area contributed by atoms with E-state index in [0.717, 1.165) is 11.0 Å². The summed E-state index contributed by atoms with van der Waals surface area (Å²) in [6, 6.07) is 6.13. The van der Waals surface area contributed by atoms with Crippen LogP contribution in [0.4, 0.5) is 59.7 Å². The fraction of sp³-hybridized carbons (Fsp3) is 0.194. The second kappa shape index (κ2) is 8.82. The van der Waals surface area contributed by atoms with Crippen LogP contribution in [0, 0.1) is 0 Å². The molecule has 0 fully saturated rings. The second-order valence-electron chi connectivity index (χ2n) is 11.6. The summed E-state index contributed by atoms with van der Waals surface area (Å²) in [6.45, 7) is 0.399. The molecule has 4 aromatic carbocycles.